The maximum absolute atomic E-state index is 12.7. The predicted octanol–water partition coefficient (Wildman–Crippen LogP) is 3.73. The van der Waals surface area contributed by atoms with Gasteiger partial charge in [-0.15, -0.1) is 0 Å². The van der Waals surface area contributed by atoms with E-state index >= 15 is 0 Å². The maximum atomic E-state index is 12.7. The molecule has 0 saturated heterocycles. The molecule has 0 fully saturated rings. The average Bonchev–Trinajstić information content (AvgIpc) is 2.82. The summed E-state index contributed by atoms with van der Waals surface area (Å²) in [6.45, 7) is 2.15. The van der Waals surface area contributed by atoms with Crippen molar-refractivity contribution in [3.05, 3.63) is 95.6 Å². The van der Waals surface area contributed by atoms with E-state index in [2.05, 4.69) is 10.6 Å². The zero-order valence-electron chi connectivity index (χ0n) is 17.6. The summed E-state index contributed by atoms with van der Waals surface area (Å²) in [6, 6.07) is 23.8. The molecule has 0 bridgehead atoms. The van der Waals surface area contributed by atoms with E-state index in [-0.39, 0.29) is 24.4 Å². The van der Waals surface area contributed by atoms with Gasteiger partial charge >= 0.3 is 0 Å². The molecular weight excluding hydrogens is 392 g/mol. The number of hydrogen-bond acceptors (Lipinski definition) is 4. The number of methoxy groups -OCH3 is 1. The molecule has 6 heteroatoms. The van der Waals surface area contributed by atoms with Crippen LogP contribution < -0.4 is 20.1 Å². The van der Waals surface area contributed by atoms with E-state index in [4.69, 9.17) is 9.47 Å². The highest BCUT2D eigenvalue weighted by Gasteiger charge is 2.18. The second-order valence-electron chi connectivity index (χ2n) is 6.80. The third-order valence-electron chi connectivity index (χ3n) is 4.73. The fraction of sp³-hybridized carbons (Fsp3) is 0.200. The predicted molar refractivity (Wildman–Crippen MR) is 119 cm³/mol. The lowest BCUT2D eigenvalue weighted by Gasteiger charge is -2.20. The Morgan fingerprint density at radius 1 is 0.871 bits per heavy atom. The van der Waals surface area contributed by atoms with Crippen molar-refractivity contribution in [2.75, 3.05) is 20.3 Å². The van der Waals surface area contributed by atoms with E-state index in [9.17, 15) is 9.59 Å². The minimum Gasteiger partial charge on any atom is -0.497 e. The first-order valence-electron chi connectivity index (χ1n) is 10.1. The van der Waals surface area contributed by atoms with Crippen LogP contribution in [0.25, 0.3) is 0 Å². The molecule has 6 nitrogen and oxygen atoms in total. The molecular formula is C25H26N2O4. The Bertz CT molecular complexity index is 1000. The normalized spacial score (nSPS) is 11.3. The van der Waals surface area contributed by atoms with Crippen LogP contribution >= 0.6 is 0 Å². The first kappa shape index (κ1) is 21.9. The lowest BCUT2D eigenvalue weighted by molar-refractivity contribution is -0.120. The van der Waals surface area contributed by atoms with E-state index in [0.717, 1.165) is 16.9 Å². The van der Waals surface area contributed by atoms with Gasteiger partial charge in [-0.2, -0.15) is 0 Å². The van der Waals surface area contributed by atoms with E-state index < -0.39 is 0 Å². The van der Waals surface area contributed by atoms with Crippen molar-refractivity contribution in [3.63, 3.8) is 0 Å². The number of benzene rings is 3. The van der Waals surface area contributed by atoms with Gasteiger partial charge in [-0.25, -0.2) is 0 Å². The Labute approximate surface area is 182 Å². The zero-order valence-corrected chi connectivity index (χ0v) is 17.6. The van der Waals surface area contributed by atoms with Crippen molar-refractivity contribution < 1.29 is 19.1 Å². The number of nitrogens with one attached hydrogen (secondary N) is 2. The Morgan fingerprint density at radius 2 is 1.52 bits per heavy atom. The molecule has 3 rings (SSSR count). The van der Waals surface area contributed by atoms with Crippen LogP contribution in [0.2, 0.25) is 0 Å². The molecule has 0 heterocycles. The lowest BCUT2D eigenvalue weighted by atomic mass is 9.98. The number of ether oxygens (including phenoxy) is 2. The van der Waals surface area contributed by atoms with E-state index in [1.165, 1.54) is 0 Å². The minimum atomic E-state index is -0.361. The topological polar surface area (TPSA) is 76.7 Å². The Balaban J connectivity index is 1.70. The molecule has 0 aromatic heterocycles. The van der Waals surface area contributed by atoms with Gasteiger partial charge in [0.2, 0.25) is 5.91 Å². The summed E-state index contributed by atoms with van der Waals surface area (Å²) in [5.74, 6) is 0.567. The molecule has 1 atom stereocenters. The van der Waals surface area contributed by atoms with Gasteiger partial charge in [0.15, 0.2) is 0 Å². The molecule has 0 aliphatic carbocycles. The summed E-state index contributed by atoms with van der Waals surface area (Å²) in [5, 5.41) is 5.68. The van der Waals surface area contributed by atoms with Crippen molar-refractivity contribution in [3.8, 4) is 11.5 Å². The summed E-state index contributed by atoms with van der Waals surface area (Å²) in [4.78, 5) is 25.2. The van der Waals surface area contributed by atoms with E-state index in [1.807, 2.05) is 61.5 Å². The number of carbonyl (C=O) groups excluding carboxylic acids is 2. The van der Waals surface area contributed by atoms with E-state index in [0.29, 0.717) is 17.9 Å². The summed E-state index contributed by atoms with van der Waals surface area (Å²) in [7, 11) is 1.61. The molecule has 3 aromatic carbocycles. The molecule has 0 spiro atoms. The number of rotatable bonds is 9. The molecule has 0 aliphatic heterocycles. The van der Waals surface area contributed by atoms with Gasteiger partial charge in [-0.3, -0.25) is 9.59 Å². The van der Waals surface area contributed by atoms with Crippen LogP contribution in [0.15, 0.2) is 78.9 Å². The first-order chi connectivity index (χ1) is 15.1. The zero-order chi connectivity index (χ0) is 22.1. The van der Waals surface area contributed by atoms with Crippen molar-refractivity contribution in [1.29, 1.82) is 0 Å². The Hall–Kier alpha value is -3.80. The summed E-state index contributed by atoms with van der Waals surface area (Å²) in [6.07, 6.45) is 0. The van der Waals surface area contributed by atoms with Crippen LogP contribution in [0.1, 0.15) is 34.5 Å². The van der Waals surface area contributed by atoms with Gasteiger partial charge in [0, 0.05) is 0 Å². The highest BCUT2D eigenvalue weighted by Crippen LogP contribution is 2.24. The van der Waals surface area contributed by atoms with Crippen LogP contribution in [-0.4, -0.2) is 32.1 Å². The standard InChI is InChI=1S/C25H26N2O4/c1-3-31-22-12-8-7-11-21(22)25(29)26-17-23(28)27-24(18-9-5-4-6-10-18)19-13-15-20(30-2)16-14-19/h4-16,24H,3,17H2,1-2H3,(H,26,29)(H,27,28). The lowest BCUT2D eigenvalue weighted by Crippen LogP contribution is -2.39. The van der Waals surface area contributed by atoms with Crippen LogP contribution in [0, 0.1) is 0 Å². The number of para-hydroxylation sites is 1. The maximum Gasteiger partial charge on any atom is 0.255 e. The third-order valence-corrected chi connectivity index (χ3v) is 4.73. The highest BCUT2D eigenvalue weighted by molar-refractivity contribution is 5.98. The van der Waals surface area contributed by atoms with Gasteiger partial charge in [0.25, 0.3) is 5.91 Å². The Kier molecular flexibility index (Phi) is 7.65. The minimum absolute atomic E-state index is 0.154. The van der Waals surface area contributed by atoms with Crippen LogP contribution in [0.3, 0.4) is 0 Å². The molecule has 31 heavy (non-hydrogen) atoms. The monoisotopic (exact) mass is 418 g/mol. The van der Waals surface area contributed by atoms with Crippen LogP contribution in [-0.2, 0) is 4.79 Å². The summed E-state index contributed by atoms with van der Waals surface area (Å²) in [5.41, 5.74) is 2.24. The second kappa shape index (κ2) is 10.8. The molecule has 2 amide bonds. The molecule has 0 saturated carbocycles. The van der Waals surface area contributed by atoms with Gasteiger partial charge in [-0.05, 0) is 42.3 Å². The first-order valence-corrected chi connectivity index (χ1v) is 10.1. The van der Waals surface area contributed by atoms with Crippen LogP contribution in [0.5, 0.6) is 11.5 Å². The molecule has 0 aliphatic rings. The number of hydrogen-bond donors (Lipinski definition) is 2. The number of carbonyl (C=O) groups is 2. The van der Waals surface area contributed by atoms with Crippen molar-refractivity contribution in [1.82, 2.24) is 10.6 Å². The highest BCUT2D eigenvalue weighted by atomic mass is 16.5. The largest absolute Gasteiger partial charge is 0.497 e. The van der Waals surface area contributed by atoms with E-state index in [1.54, 1.807) is 31.4 Å². The molecule has 0 radical (unpaired) electrons. The molecule has 160 valence electrons. The van der Waals surface area contributed by atoms with Gasteiger partial charge < -0.3 is 20.1 Å². The fourth-order valence-corrected chi connectivity index (χ4v) is 3.20. The van der Waals surface area contributed by atoms with Gasteiger partial charge in [0.1, 0.15) is 11.5 Å². The SMILES string of the molecule is CCOc1ccccc1C(=O)NCC(=O)NC(c1ccccc1)c1ccc(OC)cc1. The summed E-state index contributed by atoms with van der Waals surface area (Å²) < 4.78 is 10.7. The van der Waals surface area contributed by atoms with Gasteiger partial charge in [-0.1, -0.05) is 54.6 Å². The van der Waals surface area contributed by atoms with Crippen molar-refractivity contribution >= 4 is 11.8 Å². The Morgan fingerprint density at radius 3 is 2.19 bits per heavy atom. The second-order valence-corrected chi connectivity index (χ2v) is 6.80. The van der Waals surface area contributed by atoms with Gasteiger partial charge in [0.05, 0.1) is 31.9 Å². The van der Waals surface area contributed by atoms with Crippen molar-refractivity contribution in [2.24, 2.45) is 0 Å². The van der Waals surface area contributed by atoms with Crippen LogP contribution in [0.4, 0.5) is 0 Å². The summed E-state index contributed by atoms with van der Waals surface area (Å²) >= 11 is 0. The number of amides is 2. The molecule has 2 N–H and O–H groups in total. The smallest absolute Gasteiger partial charge is 0.255 e. The fourth-order valence-electron chi connectivity index (χ4n) is 3.20. The van der Waals surface area contributed by atoms with Crippen molar-refractivity contribution in [2.45, 2.75) is 13.0 Å². The molecule has 3 aromatic rings. The quantitative estimate of drug-likeness (QED) is 0.555. The molecule has 1 unspecified atom stereocenters. The average molecular weight is 418 g/mol. The third kappa shape index (κ3) is 5.85.